The average Bonchev–Trinajstić information content (AvgIpc) is 2.70. The van der Waals surface area contributed by atoms with Gasteiger partial charge in [0.15, 0.2) is 0 Å². The van der Waals surface area contributed by atoms with E-state index in [9.17, 15) is 4.79 Å². The number of terminal acetylenes is 1. The van der Waals surface area contributed by atoms with Gasteiger partial charge in [-0.3, -0.25) is 9.69 Å². The molecule has 2 aromatic rings. The number of carboxylic acids is 1. The normalized spacial score (nSPS) is 10.7. The Hall–Kier alpha value is -2.32. The molecule has 0 unspecified atom stereocenters. The summed E-state index contributed by atoms with van der Waals surface area (Å²) in [5.74, 6) is 1.56. The van der Waals surface area contributed by atoms with Crippen LogP contribution < -0.4 is 0 Å². The molecular formula is C13H13N3O2. The van der Waals surface area contributed by atoms with Crippen molar-refractivity contribution in [2.75, 3.05) is 13.1 Å². The highest BCUT2D eigenvalue weighted by Crippen LogP contribution is 2.07. The van der Waals surface area contributed by atoms with E-state index in [1.54, 1.807) is 4.90 Å². The van der Waals surface area contributed by atoms with Gasteiger partial charge in [0.05, 0.1) is 18.8 Å². The van der Waals surface area contributed by atoms with Crippen LogP contribution in [0.4, 0.5) is 0 Å². The number of hydrogen-bond acceptors (Lipinski definition) is 3. The Bertz CT molecular complexity index is 565. The van der Waals surface area contributed by atoms with E-state index in [1.165, 1.54) is 0 Å². The van der Waals surface area contributed by atoms with Gasteiger partial charge in [-0.2, -0.15) is 0 Å². The molecule has 0 amide bonds. The Morgan fingerprint density at radius 3 is 3.06 bits per heavy atom. The highest BCUT2D eigenvalue weighted by atomic mass is 16.4. The number of aliphatic carboxylic acids is 1. The Morgan fingerprint density at radius 1 is 1.56 bits per heavy atom. The smallest absolute Gasteiger partial charge is 0.317 e. The molecule has 0 saturated carbocycles. The lowest BCUT2D eigenvalue weighted by Crippen LogP contribution is -2.29. The van der Waals surface area contributed by atoms with Crippen molar-refractivity contribution in [1.29, 1.82) is 0 Å². The molecule has 2 heterocycles. The van der Waals surface area contributed by atoms with Crippen molar-refractivity contribution in [1.82, 2.24) is 14.3 Å². The molecule has 0 saturated heterocycles. The summed E-state index contributed by atoms with van der Waals surface area (Å²) in [6.45, 7) is 0.635. The Labute approximate surface area is 105 Å². The van der Waals surface area contributed by atoms with Crippen molar-refractivity contribution < 1.29 is 9.90 Å². The van der Waals surface area contributed by atoms with Crippen molar-refractivity contribution in [3.63, 3.8) is 0 Å². The topological polar surface area (TPSA) is 57.8 Å². The quantitative estimate of drug-likeness (QED) is 0.791. The maximum Gasteiger partial charge on any atom is 0.317 e. The first-order chi connectivity index (χ1) is 8.69. The zero-order valence-corrected chi connectivity index (χ0v) is 9.78. The maximum absolute atomic E-state index is 10.7. The van der Waals surface area contributed by atoms with E-state index in [2.05, 4.69) is 10.9 Å². The van der Waals surface area contributed by atoms with Crippen LogP contribution in [-0.4, -0.2) is 38.4 Å². The largest absolute Gasteiger partial charge is 0.480 e. The SMILES string of the molecule is C#CCN(CC(=O)O)Cc1cn2ccccc2n1. The number of rotatable bonds is 5. The molecule has 2 aromatic heterocycles. The van der Waals surface area contributed by atoms with Gasteiger partial charge in [0.25, 0.3) is 0 Å². The molecule has 0 aliphatic heterocycles. The number of fused-ring (bicyclic) bond motifs is 1. The Kier molecular flexibility index (Phi) is 3.60. The molecule has 5 heteroatoms. The van der Waals surface area contributed by atoms with Crippen molar-refractivity contribution in [3.05, 3.63) is 36.3 Å². The molecule has 92 valence electrons. The number of carbonyl (C=O) groups is 1. The van der Waals surface area contributed by atoms with Gasteiger partial charge in [-0.15, -0.1) is 6.42 Å². The summed E-state index contributed by atoms with van der Waals surface area (Å²) in [6.07, 6.45) is 9.00. The van der Waals surface area contributed by atoms with Gasteiger partial charge >= 0.3 is 5.97 Å². The number of pyridine rings is 1. The van der Waals surface area contributed by atoms with Gasteiger partial charge in [-0.05, 0) is 12.1 Å². The highest BCUT2D eigenvalue weighted by molar-refractivity contribution is 5.69. The molecule has 1 N–H and O–H groups in total. The molecule has 0 aliphatic rings. The minimum absolute atomic E-state index is 0.0852. The molecule has 0 fully saturated rings. The summed E-state index contributed by atoms with van der Waals surface area (Å²) < 4.78 is 1.89. The molecule has 0 radical (unpaired) electrons. The van der Waals surface area contributed by atoms with Crippen LogP contribution >= 0.6 is 0 Å². The van der Waals surface area contributed by atoms with Crippen LogP contribution in [0.3, 0.4) is 0 Å². The molecule has 0 bridgehead atoms. The fourth-order valence-electron chi connectivity index (χ4n) is 1.78. The van der Waals surface area contributed by atoms with Crippen molar-refractivity contribution in [2.45, 2.75) is 6.54 Å². The Morgan fingerprint density at radius 2 is 2.39 bits per heavy atom. The maximum atomic E-state index is 10.7. The fraction of sp³-hybridized carbons (Fsp3) is 0.231. The standard InChI is InChI=1S/C13H13N3O2/c1-2-6-15(10-13(17)18)8-11-9-16-7-4-3-5-12(16)14-11/h1,3-5,7,9H,6,8,10H2,(H,17,18). The predicted octanol–water partition coefficient (Wildman–Crippen LogP) is 0.854. The van der Waals surface area contributed by atoms with E-state index in [1.807, 2.05) is 35.0 Å². The first kappa shape index (κ1) is 12.1. The van der Waals surface area contributed by atoms with E-state index in [4.69, 9.17) is 11.5 Å². The van der Waals surface area contributed by atoms with Gasteiger partial charge < -0.3 is 9.51 Å². The van der Waals surface area contributed by atoms with Crippen LogP contribution in [0.2, 0.25) is 0 Å². The van der Waals surface area contributed by atoms with Crippen LogP contribution in [-0.2, 0) is 11.3 Å². The molecule has 0 atom stereocenters. The van der Waals surface area contributed by atoms with Crippen molar-refractivity contribution >= 4 is 11.6 Å². The van der Waals surface area contributed by atoms with Crippen LogP contribution in [0.5, 0.6) is 0 Å². The summed E-state index contributed by atoms with van der Waals surface area (Å²) in [7, 11) is 0. The molecule has 0 aromatic carbocycles. The zero-order valence-electron chi connectivity index (χ0n) is 9.78. The summed E-state index contributed by atoms with van der Waals surface area (Å²) in [5, 5.41) is 8.79. The van der Waals surface area contributed by atoms with Gasteiger partial charge in [-0.1, -0.05) is 12.0 Å². The number of hydrogen-bond donors (Lipinski definition) is 1. The van der Waals surface area contributed by atoms with Crippen molar-refractivity contribution in [3.8, 4) is 12.3 Å². The van der Waals surface area contributed by atoms with E-state index >= 15 is 0 Å². The van der Waals surface area contributed by atoms with Crippen LogP contribution in [0, 0.1) is 12.3 Å². The third kappa shape index (κ3) is 2.87. The minimum atomic E-state index is -0.894. The second kappa shape index (κ2) is 5.34. The van der Waals surface area contributed by atoms with Gasteiger partial charge in [0, 0.05) is 18.9 Å². The highest BCUT2D eigenvalue weighted by Gasteiger charge is 2.11. The third-order valence-corrected chi connectivity index (χ3v) is 2.47. The van der Waals surface area contributed by atoms with Crippen LogP contribution in [0.25, 0.3) is 5.65 Å². The van der Waals surface area contributed by atoms with Crippen LogP contribution in [0.1, 0.15) is 5.69 Å². The van der Waals surface area contributed by atoms with Crippen molar-refractivity contribution in [2.24, 2.45) is 0 Å². The summed E-state index contributed by atoms with van der Waals surface area (Å²) in [5.41, 5.74) is 1.64. The lowest BCUT2D eigenvalue weighted by Gasteiger charge is -2.15. The number of imidazole rings is 1. The summed E-state index contributed by atoms with van der Waals surface area (Å²) >= 11 is 0. The third-order valence-electron chi connectivity index (χ3n) is 2.47. The molecule has 0 aliphatic carbocycles. The number of aromatic nitrogens is 2. The monoisotopic (exact) mass is 243 g/mol. The average molecular weight is 243 g/mol. The van der Waals surface area contributed by atoms with E-state index in [0.29, 0.717) is 13.1 Å². The lowest BCUT2D eigenvalue weighted by atomic mass is 10.4. The number of carboxylic acid groups (broad SMARTS) is 1. The van der Waals surface area contributed by atoms with Crippen LogP contribution in [0.15, 0.2) is 30.6 Å². The second-order valence-corrected chi connectivity index (χ2v) is 3.94. The summed E-state index contributed by atoms with van der Waals surface area (Å²) in [6, 6.07) is 5.71. The van der Waals surface area contributed by atoms with E-state index in [0.717, 1.165) is 11.3 Å². The van der Waals surface area contributed by atoms with E-state index < -0.39 is 5.97 Å². The summed E-state index contributed by atoms with van der Waals surface area (Å²) in [4.78, 5) is 16.8. The molecule has 0 spiro atoms. The predicted molar refractivity (Wildman–Crippen MR) is 66.9 cm³/mol. The lowest BCUT2D eigenvalue weighted by molar-refractivity contribution is -0.138. The molecule has 5 nitrogen and oxygen atoms in total. The van der Waals surface area contributed by atoms with E-state index in [-0.39, 0.29) is 6.54 Å². The minimum Gasteiger partial charge on any atom is -0.480 e. The molecule has 2 rings (SSSR count). The Balaban J connectivity index is 2.15. The first-order valence-corrected chi connectivity index (χ1v) is 5.49. The first-order valence-electron chi connectivity index (χ1n) is 5.49. The zero-order chi connectivity index (χ0) is 13.0. The number of nitrogens with zero attached hydrogens (tertiary/aromatic N) is 3. The van der Waals surface area contributed by atoms with Gasteiger partial charge in [-0.25, -0.2) is 4.98 Å². The van der Waals surface area contributed by atoms with Gasteiger partial charge in [0.2, 0.25) is 0 Å². The molecule has 18 heavy (non-hydrogen) atoms. The fourth-order valence-corrected chi connectivity index (χ4v) is 1.78. The van der Waals surface area contributed by atoms with Gasteiger partial charge in [0.1, 0.15) is 5.65 Å². The molecular weight excluding hydrogens is 230 g/mol. The second-order valence-electron chi connectivity index (χ2n) is 3.94.